The third kappa shape index (κ3) is 4.20. The van der Waals surface area contributed by atoms with Gasteiger partial charge in [-0.25, -0.2) is 0 Å². The Morgan fingerprint density at radius 2 is 1.91 bits per heavy atom. The van der Waals surface area contributed by atoms with Crippen molar-refractivity contribution in [2.75, 3.05) is 38.7 Å². The highest BCUT2D eigenvalue weighted by Gasteiger charge is 2.23. The monoisotopic (exact) mass is 308 g/mol. The zero-order valence-corrected chi connectivity index (χ0v) is 13.8. The molecule has 2 heterocycles. The zero-order valence-electron chi connectivity index (χ0n) is 13.8. The molecule has 0 N–H and O–H groups in total. The first-order valence-electron chi connectivity index (χ1n) is 8.54. The van der Waals surface area contributed by atoms with Gasteiger partial charge < -0.3 is 14.2 Å². The van der Waals surface area contributed by atoms with Gasteiger partial charge in [0, 0.05) is 33.8 Å². The molecule has 6 nitrogen and oxygen atoms in total. The summed E-state index contributed by atoms with van der Waals surface area (Å²) < 4.78 is 11.4. The first-order valence-corrected chi connectivity index (χ1v) is 8.54. The molecule has 1 aromatic heterocycles. The minimum atomic E-state index is 0.442. The van der Waals surface area contributed by atoms with Crippen LogP contribution in [0.2, 0.25) is 0 Å². The summed E-state index contributed by atoms with van der Waals surface area (Å²) in [6.07, 6.45) is 8.19. The van der Waals surface area contributed by atoms with E-state index in [1.54, 1.807) is 0 Å². The highest BCUT2D eigenvalue weighted by atomic mass is 16.5. The molecule has 6 heteroatoms. The van der Waals surface area contributed by atoms with Gasteiger partial charge in [0.25, 0.3) is 5.95 Å². The quantitative estimate of drug-likeness (QED) is 0.804. The SMILES string of the molecule is CN(C)c1noc(CN2CCC(OCC3CCCC3)CC2)n1. The molecule has 22 heavy (non-hydrogen) atoms. The lowest BCUT2D eigenvalue weighted by Gasteiger charge is -2.31. The third-order valence-corrected chi connectivity index (χ3v) is 4.79. The number of hydrogen-bond donors (Lipinski definition) is 0. The molecule has 0 bridgehead atoms. The molecule has 3 rings (SSSR count). The van der Waals surface area contributed by atoms with E-state index in [4.69, 9.17) is 9.26 Å². The number of piperidine rings is 1. The fourth-order valence-electron chi connectivity index (χ4n) is 3.37. The van der Waals surface area contributed by atoms with Crippen molar-refractivity contribution in [3.05, 3.63) is 5.89 Å². The van der Waals surface area contributed by atoms with Crippen LogP contribution in [0.4, 0.5) is 5.95 Å². The number of anilines is 1. The van der Waals surface area contributed by atoms with E-state index in [0.717, 1.165) is 45.0 Å². The van der Waals surface area contributed by atoms with Crippen LogP contribution < -0.4 is 4.90 Å². The Morgan fingerprint density at radius 3 is 2.55 bits per heavy atom. The van der Waals surface area contributed by atoms with Crippen LogP contribution >= 0.6 is 0 Å². The first kappa shape index (κ1) is 15.7. The highest BCUT2D eigenvalue weighted by Crippen LogP contribution is 2.26. The maximum absolute atomic E-state index is 6.12. The van der Waals surface area contributed by atoms with Gasteiger partial charge in [0.05, 0.1) is 12.6 Å². The van der Waals surface area contributed by atoms with Crippen molar-refractivity contribution in [2.45, 2.75) is 51.2 Å². The highest BCUT2D eigenvalue weighted by molar-refractivity contribution is 5.23. The normalized spacial score (nSPS) is 21.5. The molecule has 124 valence electrons. The van der Waals surface area contributed by atoms with Crippen LogP contribution in [-0.2, 0) is 11.3 Å². The Bertz CT molecular complexity index is 449. The van der Waals surface area contributed by atoms with Crippen molar-refractivity contribution in [3.8, 4) is 0 Å². The van der Waals surface area contributed by atoms with Crippen molar-refractivity contribution >= 4 is 5.95 Å². The smallest absolute Gasteiger partial charge is 0.265 e. The van der Waals surface area contributed by atoms with Crippen LogP contribution in [0.25, 0.3) is 0 Å². The van der Waals surface area contributed by atoms with E-state index in [-0.39, 0.29) is 0 Å². The van der Waals surface area contributed by atoms with Crippen molar-refractivity contribution in [1.82, 2.24) is 15.0 Å². The van der Waals surface area contributed by atoms with Gasteiger partial charge in [-0.1, -0.05) is 12.8 Å². The van der Waals surface area contributed by atoms with Crippen LogP contribution in [0.5, 0.6) is 0 Å². The number of hydrogen-bond acceptors (Lipinski definition) is 6. The molecule has 1 aromatic rings. The maximum Gasteiger partial charge on any atom is 0.265 e. The molecular formula is C16H28N4O2. The van der Waals surface area contributed by atoms with E-state index >= 15 is 0 Å². The van der Waals surface area contributed by atoms with Gasteiger partial charge in [-0.15, -0.1) is 0 Å². The van der Waals surface area contributed by atoms with E-state index in [1.807, 2.05) is 19.0 Å². The molecule has 0 radical (unpaired) electrons. The molecule has 1 saturated carbocycles. The first-order chi connectivity index (χ1) is 10.7. The number of ether oxygens (including phenoxy) is 1. The van der Waals surface area contributed by atoms with Crippen LogP contribution in [0.15, 0.2) is 4.52 Å². The van der Waals surface area contributed by atoms with E-state index in [2.05, 4.69) is 15.0 Å². The summed E-state index contributed by atoms with van der Waals surface area (Å²) in [4.78, 5) is 8.62. The van der Waals surface area contributed by atoms with Gasteiger partial charge in [-0.05, 0) is 36.8 Å². The van der Waals surface area contributed by atoms with Crippen LogP contribution in [0.1, 0.15) is 44.4 Å². The maximum atomic E-state index is 6.12. The Hall–Kier alpha value is -1.14. The van der Waals surface area contributed by atoms with Gasteiger partial charge >= 0.3 is 0 Å². The zero-order chi connectivity index (χ0) is 15.4. The molecule has 0 unspecified atom stereocenters. The molecule has 1 aliphatic carbocycles. The summed E-state index contributed by atoms with van der Waals surface area (Å²) in [5, 5.41) is 3.96. The Kier molecular flexibility index (Phi) is 5.31. The van der Waals surface area contributed by atoms with Crippen molar-refractivity contribution in [3.63, 3.8) is 0 Å². The second-order valence-corrected chi connectivity index (χ2v) is 6.84. The topological polar surface area (TPSA) is 54.6 Å². The molecule has 2 fully saturated rings. The largest absolute Gasteiger partial charge is 0.378 e. The minimum Gasteiger partial charge on any atom is -0.378 e. The second-order valence-electron chi connectivity index (χ2n) is 6.84. The lowest BCUT2D eigenvalue weighted by atomic mass is 10.1. The van der Waals surface area contributed by atoms with E-state index in [1.165, 1.54) is 25.7 Å². The summed E-state index contributed by atoms with van der Waals surface area (Å²) in [5.74, 6) is 2.17. The lowest BCUT2D eigenvalue weighted by molar-refractivity contribution is -0.0110. The molecule has 2 aliphatic rings. The predicted octanol–water partition coefficient (Wildman–Crippen LogP) is 2.31. The lowest BCUT2D eigenvalue weighted by Crippen LogP contribution is -2.37. The van der Waals surface area contributed by atoms with E-state index < -0.39 is 0 Å². The fraction of sp³-hybridized carbons (Fsp3) is 0.875. The average Bonchev–Trinajstić information content (AvgIpc) is 3.18. The fourth-order valence-corrected chi connectivity index (χ4v) is 3.37. The van der Waals surface area contributed by atoms with Crippen molar-refractivity contribution < 1.29 is 9.26 Å². The van der Waals surface area contributed by atoms with E-state index in [0.29, 0.717) is 17.9 Å². The predicted molar refractivity (Wildman–Crippen MR) is 84.8 cm³/mol. The van der Waals surface area contributed by atoms with Crippen LogP contribution in [0.3, 0.4) is 0 Å². The van der Waals surface area contributed by atoms with Gasteiger partial charge in [-0.3, -0.25) is 4.90 Å². The molecule has 0 spiro atoms. The van der Waals surface area contributed by atoms with Crippen LogP contribution in [0, 0.1) is 5.92 Å². The summed E-state index contributed by atoms with van der Waals surface area (Å²) >= 11 is 0. The standard InChI is InChI=1S/C16H28N4O2/c1-19(2)16-17-15(22-18-16)11-20-9-7-14(8-10-20)21-12-13-5-3-4-6-13/h13-14H,3-12H2,1-2H3. The van der Waals surface area contributed by atoms with Crippen molar-refractivity contribution in [1.29, 1.82) is 0 Å². The second kappa shape index (κ2) is 7.42. The number of rotatable bonds is 6. The van der Waals surface area contributed by atoms with E-state index in [9.17, 15) is 0 Å². The van der Waals surface area contributed by atoms with Gasteiger partial charge in [0.2, 0.25) is 5.89 Å². The minimum absolute atomic E-state index is 0.442. The van der Waals surface area contributed by atoms with Gasteiger partial charge in [0.1, 0.15) is 0 Å². The van der Waals surface area contributed by atoms with Crippen LogP contribution in [-0.4, -0.2) is 54.9 Å². The summed E-state index contributed by atoms with van der Waals surface area (Å²) in [7, 11) is 3.84. The number of aromatic nitrogens is 2. The summed E-state index contributed by atoms with van der Waals surface area (Å²) in [6.45, 7) is 3.82. The van der Waals surface area contributed by atoms with Crippen molar-refractivity contribution in [2.24, 2.45) is 5.92 Å². The molecule has 1 saturated heterocycles. The third-order valence-electron chi connectivity index (χ3n) is 4.79. The average molecular weight is 308 g/mol. The number of likely N-dealkylation sites (tertiary alicyclic amines) is 1. The number of nitrogens with zero attached hydrogens (tertiary/aromatic N) is 4. The Labute approximate surface area is 132 Å². The molecule has 0 atom stereocenters. The Balaban J connectivity index is 1.37. The molecule has 1 aliphatic heterocycles. The van der Waals surface area contributed by atoms with Gasteiger partial charge in [0.15, 0.2) is 0 Å². The molecular weight excluding hydrogens is 280 g/mol. The summed E-state index contributed by atoms with van der Waals surface area (Å²) in [6, 6.07) is 0. The summed E-state index contributed by atoms with van der Waals surface area (Å²) in [5.41, 5.74) is 0. The van der Waals surface area contributed by atoms with Gasteiger partial charge in [-0.2, -0.15) is 4.98 Å². The molecule has 0 amide bonds. The Morgan fingerprint density at radius 1 is 1.18 bits per heavy atom. The molecule has 0 aromatic carbocycles.